The van der Waals surface area contributed by atoms with E-state index in [1.54, 1.807) is 24.4 Å². The molecule has 0 atom stereocenters. The van der Waals surface area contributed by atoms with Crippen molar-refractivity contribution in [1.29, 1.82) is 0 Å². The van der Waals surface area contributed by atoms with Gasteiger partial charge in [-0.3, -0.25) is 4.98 Å². The molecule has 0 amide bonds. The minimum absolute atomic E-state index is 0.151. The Labute approximate surface area is 170 Å². The lowest BCUT2D eigenvalue weighted by Crippen LogP contribution is -2.50. The van der Waals surface area contributed by atoms with E-state index in [2.05, 4.69) is 4.98 Å². The Kier molecular flexibility index (Phi) is 5.20. The van der Waals surface area contributed by atoms with Gasteiger partial charge in [-0.05, 0) is 36.4 Å². The number of hydrogen-bond donors (Lipinski definition) is 0. The van der Waals surface area contributed by atoms with Crippen molar-refractivity contribution in [1.82, 2.24) is 4.98 Å². The lowest BCUT2D eigenvalue weighted by Gasteiger charge is -2.19. The average Bonchev–Trinajstić information content (AvgIpc) is 2.67. The Morgan fingerprint density at radius 2 is 1.39 bits per heavy atom. The second-order valence-corrected chi connectivity index (χ2v) is 7.03. The number of aromatic nitrogens is 1. The number of fused-ring (bicyclic) bond motifs is 1. The molecule has 0 N–H and O–H groups in total. The van der Waals surface area contributed by atoms with Gasteiger partial charge in [0.05, 0.1) is 0 Å². The fourth-order valence-corrected chi connectivity index (χ4v) is 3.34. The van der Waals surface area contributed by atoms with Crippen molar-refractivity contribution in [2.75, 3.05) is 0 Å². The number of para-hydroxylation sites is 1. The Morgan fingerprint density at radius 1 is 0.786 bits per heavy atom. The van der Waals surface area contributed by atoms with Crippen molar-refractivity contribution in [3.05, 3.63) is 94.6 Å². The molecule has 0 aliphatic carbocycles. The van der Waals surface area contributed by atoms with Gasteiger partial charge >= 0.3 is 6.92 Å². The van der Waals surface area contributed by atoms with E-state index >= 15 is 0 Å². The molecule has 0 aliphatic heterocycles. The first-order valence-corrected chi connectivity index (χ1v) is 9.19. The molecule has 2 nitrogen and oxygen atoms in total. The molecule has 4 rings (SSSR count). The SMILES string of the molecule is Fc1cc(Cl)ccc1B(Oc1cccc2cccnc12)c1ccc(Cl)cc1F. The molecule has 0 aliphatic rings. The van der Waals surface area contributed by atoms with Crippen LogP contribution in [0.3, 0.4) is 0 Å². The van der Waals surface area contributed by atoms with Crippen LogP contribution in [0.25, 0.3) is 10.9 Å². The summed E-state index contributed by atoms with van der Waals surface area (Å²) in [4.78, 5) is 4.34. The van der Waals surface area contributed by atoms with Crippen LogP contribution in [0, 0.1) is 11.6 Å². The number of hydrogen-bond acceptors (Lipinski definition) is 2. The number of pyridine rings is 1. The van der Waals surface area contributed by atoms with Gasteiger partial charge in [0.25, 0.3) is 0 Å². The van der Waals surface area contributed by atoms with E-state index in [9.17, 15) is 8.78 Å². The van der Waals surface area contributed by atoms with Crippen molar-refractivity contribution < 1.29 is 13.4 Å². The molecule has 7 heteroatoms. The Bertz CT molecular complexity index is 1120. The molecule has 3 aromatic carbocycles. The fourth-order valence-electron chi connectivity index (χ4n) is 3.02. The monoisotopic (exact) mass is 413 g/mol. The van der Waals surface area contributed by atoms with Gasteiger partial charge in [0.15, 0.2) is 0 Å². The van der Waals surface area contributed by atoms with Crippen LogP contribution in [-0.4, -0.2) is 11.9 Å². The Hall–Kier alpha value is -2.63. The number of nitrogens with zero attached hydrogens (tertiary/aromatic N) is 1. The van der Waals surface area contributed by atoms with E-state index in [-0.39, 0.29) is 21.0 Å². The number of halogens is 4. The Balaban J connectivity index is 1.87. The maximum Gasteiger partial charge on any atom is 0.432 e. The fraction of sp³-hybridized carbons (Fsp3) is 0. The van der Waals surface area contributed by atoms with Crippen LogP contribution in [-0.2, 0) is 0 Å². The van der Waals surface area contributed by atoms with Gasteiger partial charge < -0.3 is 4.65 Å². The third-order valence-corrected chi connectivity index (χ3v) is 4.80. The highest BCUT2D eigenvalue weighted by atomic mass is 35.5. The molecule has 138 valence electrons. The summed E-state index contributed by atoms with van der Waals surface area (Å²) >= 11 is 11.8. The summed E-state index contributed by atoms with van der Waals surface area (Å²) in [5.74, 6) is -0.785. The maximum absolute atomic E-state index is 14.7. The lowest BCUT2D eigenvalue weighted by atomic mass is 9.55. The van der Waals surface area contributed by atoms with Gasteiger partial charge in [0, 0.05) is 32.6 Å². The summed E-state index contributed by atoms with van der Waals surface area (Å²) in [6, 6.07) is 17.5. The quantitative estimate of drug-likeness (QED) is 0.439. The van der Waals surface area contributed by atoms with E-state index < -0.39 is 18.6 Å². The number of benzene rings is 3. The zero-order valence-corrected chi connectivity index (χ0v) is 15.9. The second-order valence-electron chi connectivity index (χ2n) is 6.16. The van der Waals surface area contributed by atoms with Crippen LogP contribution in [0.15, 0.2) is 72.9 Å². The topological polar surface area (TPSA) is 22.1 Å². The van der Waals surface area contributed by atoms with Crippen molar-refractivity contribution >= 4 is 51.9 Å². The predicted octanol–water partition coefficient (Wildman–Crippen LogP) is 5.00. The maximum atomic E-state index is 14.7. The first-order valence-electron chi connectivity index (χ1n) is 8.43. The van der Waals surface area contributed by atoms with Gasteiger partial charge in [-0.25, -0.2) is 8.78 Å². The summed E-state index contributed by atoms with van der Waals surface area (Å²) in [5, 5.41) is 1.33. The zero-order valence-electron chi connectivity index (χ0n) is 14.4. The van der Waals surface area contributed by atoms with Crippen molar-refractivity contribution in [3.63, 3.8) is 0 Å². The molecule has 0 saturated carbocycles. The van der Waals surface area contributed by atoms with Gasteiger partial charge in [0.2, 0.25) is 0 Å². The molecule has 28 heavy (non-hydrogen) atoms. The van der Waals surface area contributed by atoms with Crippen LogP contribution >= 0.6 is 23.2 Å². The van der Waals surface area contributed by atoms with Crippen LogP contribution in [0.5, 0.6) is 5.75 Å². The van der Waals surface area contributed by atoms with Gasteiger partial charge in [0.1, 0.15) is 22.9 Å². The summed E-state index contributed by atoms with van der Waals surface area (Å²) < 4.78 is 35.5. The molecule has 0 bridgehead atoms. The van der Waals surface area contributed by atoms with Gasteiger partial charge in [-0.1, -0.05) is 53.5 Å². The minimum Gasteiger partial charge on any atom is -0.550 e. The standard InChI is InChI=1S/C21H12BCl2F2NO/c23-14-6-8-16(18(25)11-14)22(17-9-7-15(24)12-19(17)26)28-20-5-1-3-13-4-2-10-27-21(13)20/h1-12H. The third-order valence-electron chi connectivity index (χ3n) is 4.33. The Morgan fingerprint density at radius 3 is 2.00 bits per heavy atom. The molecule has 0 radical (unpaired) electrons. The van der Waals surface area contributed by atoms with E-state index in [4.69, 9.17) is 27.9 Å². The zero-order chi connectivity index (χ0) is 19.7. The largest absolute Gasteiger partial charge is 0.550 e. The molecule has 0 fully saturated rings. The predicted molar refractivity (Wildman–Crippen MR) is 110 cm³/mol. The third kappa shape index (κ3) is 3.68. The molecule has 0 unspecified atom stereocenters. The highest BCUT2D eigenvalue weighted by Gasteiger charge is 2.30. The van der Waals surface area contributed by atoms with Crippen molar-refractivity contribution in [3.8, 4) is 5.75 Å². The van der Waals surface area contributed by atoms with Gasteiger partial charge in [-0.2, -0.15) is 0 Å². The minimum atomic E-state index is -1.05. The molecule has 0 saturated heterocycles. The second kappa shape index (κ2) is 7.78. The summed E-state index contributed by atoms with van der Waals surface area (Å²) in [7, 11) is 0. The van der Waals surface area contributed by atoms with Crippen LogP contribution in [0.4, 0.5) is 8.78 Å². The van der Waals surface area contributed by atoms with E-state index in [1.807, 2.05) is 12.1 Å². The summed E-state index contributed by atoms with van der Waals surface area (Å²) in [5.41, 5.74) is 0.899. The highest BCUT2D eigenvalue weighted by molar-refractivity contribution is 6.80. The normalized spacial score (nSPS) is 10.9. The molecule has 4 aromatic rings. The molecule has 1 aromatic heterocycles. The first kappa shape index (κ1) is 18.7. The van der Waals surface area contributed by atoms with E-state index in [0.29, 0.717) is 11.3 Å². The van der Waals surface area contributed by atoms with Crippen molar-refractivity contribution in [2.45, 2.75) is 0 Å². The summed E-state index contributed by atoms with van der Waals surface area (Å²) in [6.07, 6.45) is 1.63. The lowest BCUT2D eigenvalue weighted by molar-refractivity contribution is 0.581. The van der Waals surface area contributed by atoms with Crippen LogP contribution in [0.1, 0.15) is 0 Å². The molecule has 0 spiro atoms. The van der Waals surface area contributed by atoms with Crippen LogP contribution in [0.2, 0.25) is 10.0 Å². The van der Waals surface area contributed by atoms with Crippen LogP contribution < -0.4 is 15.6 Å². The highest BCUT2D eigenvalue weighted by Crippen LogP contribution is 2.24. The van der Waals surface area contributed by atoms with Gasteiger partial charge in [-0.15, -0.1) is 0 Å². The van der Waals surface area contributed by atoms with Crippen molar-refractivity contribution in [2.24, 2.45) is 0 Å². The summed E-state index contributed by atoms with van der Waals surface area (Å²) in [6.45, 7) is -1.05. The number of rotatable bonds is 4. The van der Waals surface area contributed by atoms with E-state index in [1.165, 1.54) is 36.4 Å². The molecule has 1 heterocycles. The van der Waals surface area contributed by atoms with E-state index in [0.717, 1.165) is 5.39 Å². The molecular formula is C21H12BCl2F2NO. The first-order chi connectivity index (χ1) is 13.5. The average molecular weight is 414 g/mol. The smallest absolute Gasteiger partial charge is 0.432 e. The molecular weight excluding hydrogens is 402 g/mol.